The summed E-state index contributed by atoms with van der Waals surface area (Å²) in [6.07, 6.45) is 6.22. The van der Waals surface area contributed by atoms with Crippen LogP contribution in [-0.4, -0.2) is 23.9 Å². The number of halogens is 1. The second-order valence-electron chi connectivity index (χ2n) is 5.91. The van der Waals surface area contributed by atoms with Gasteiger partial charge in [-0.1, -0.05) is 12.1 Å². The van der Waals surface area contributed by atoms with Crippen LogP contribution in [0.15, 0.2) is 41.5 Å². The van der Waals surface area contributed by atoms with Gasteiger partial charge >= 0.3 is 0 Å². The minimum absolute atomic E-state index is 0. The highest BCUT2D eigenvalue weighted by molar-refractivity contribution is 5.98. The summed E-state index contributed by atoms with van der Waals surface area (Å²) >= 11 is 0. The molecule has 0 saturated heterocycles. The largest absolute Gasteiger partial charge is 0.495 e. The zero-order valence-electron chi connectivity index (χ0n) is 14.1. The number of ether oxygens (including phenoxy) is 1. The fourth-order valence-corrected chi connectivity index (χ4v) is 3.61. The maximum absolute atomic E-state index is 12.7. The average Bonchev–Trinajstić information content (AvgIpc) is 3.12. The van der Waals surface area contributed by atoms with Crippen LogP contribution in [0.5, 0.6) is 5.75 Å². The van der Waals surface area contributed by atoms with Gasteiger partial charge in [0, 0.05) is 22.7 Å². The van der Waals surface area contributed by atoms with Crippen LogP contribution >= 0.6 is 12.4 Å². The third kappa shape index (κ3) is 2.65. The Morgan fingerprint density at radius 3 is 2.68 bits per heavy atom. The lowest BCUT2D eigenvalue weighted by atomic mass is 9.96. The van der Waals surface area contributed by atoms with Crippen molar-refractivity contribution in [3.8, 4) is 16.9 Å². The van der Waals surface area contributed by atoms with Gasteiger partial charge in [-0.2, -0.15) is 0 Å². The Morgan fingerprint density at radius 2 is 1.92 bits per heavy atom. The molecule has 0 atom stereocenters. The summed E-state index contributed by atoms with van der Waals surface area (Å²) in [5, 5.41) is 1.07. The SMILES string of the molecule is COc1cncc(-c2cccc3c2c2c(c(=O)n3OC)CCC2)c1.Cl. The van der Waals surface area contributed by atoms with Gasteiger partial charge in [-0.25, -0.2) is 0 Å². The lowest BCUT2D eigenvalue weighted by molar-refractivity contribution is 0.168. The van der Waals surface area contributed by atoms with Crippen LogP contribution in [0.25, 0.3) is 22.0 Å². The van der Waals surface area contributed by atoms with E-state index in [9.17, 15) is 4.79 Å². The van der Waals surface area contributed by atoms with Crippen molar-refractivity contribution in [2.24, 2.45) is 0 Å². The molecule has 0 radical (unpaired) electrons. The van der Waals surface area contributed by atoms with Gasteiger partial charge in [0.15, 0.2) is 0 Å². The lowest BCUT2D eigenvalue weighted by Crippen LogP contribution is -2.28. The molecule has 0 spiro atoms. The highest BCUT2D eigenvalue weighted by atomic mass is 35.5. The van der Waals surface area contributed by atoms with Crippen molar-refractivity contribution in [3.63, 3.8) is 0 Å². The normalized spacial score (nSPS) is 12.6. The summed E-state index contributed by atoms with van der Waals surface area (Å²) in [6.45, 7) is 0. The molecule has 0 aliphatic heterocycles. The molecule has 0 saturated carbocycles. The molecule has 1 aliphatic carbocycles. The first-order valence-electron chi connectivity index (χ1n) is 7.98. The fraction of sp³-hybridized carbons (Fsp3) is 0.263. The maximum Gasteiger partial charge on any atom is 0.287 e. The van der Waals surface area contributed by atoms with Crippen LogP contribution in [0.3, 0.4) is 0 Å². The Bertz CT molecular complexity index is 998. The Hall–Kier alpha value is -2.53. The van der Waals surface area contributed by atoms with Crippen LogP contribution < -0.4 is 15.1 Å². The predicted molar refractivity (Wildman–Crippen MR) is 99.8 cm³/mol. The van der Waals surface area contributed by atoms with Crippen LogP contribution in [0.1, 0.15) is 17.5 Å². The average molecular weight is 359 g/mol. The van der Waals surface area contributed by atoms with E-state index in [-0.39, 0.29) is 18.0 Å². The van der Waals surface area contributed by atoms with E-state index in [2.05, 4.69) is 11.1 Å². The van der Waals surface area contributed by atoms with Crippen molar-refractivity contribution in [2.45, 2.75) is 19.3 Å². The smallest absolute Gasteiger partial charge is 0.287 e. The number of methoxy groups -OCH3 is 1. The molecule has 2 aromatic heterocycles. The molecule has 5 nitrogen and oxygen atoms in total. The number of pyridine rings is 2. The van der Waals surface area contributed by atoms with E-state index >= 15 is 0 Å². The molecule has 1 aliphatic rings. The lowest BCUT2D eigenvalue weighted by Gasteiger charge is -2.16. The monoisotopic (exact) mass is 358 g/mol. The molecule has 2 heterocycles. The van der Waals surface area contributed by atoms with Gasteiger partial charge in [0.25, 0.3) is 5.56 Å². The molecule has 1 aromatic carbocycles. The van der Waals surface area contributed by atoms with Crippen LogP contribution in [-0.2, 0) is 12.8 Å². The van der Waals surface area contributed by atoms with Crippen molar-refractivity contribution in [1.29, 1.82) is 0 Å². The minimum Gasteiger partial charge on any atom is -0.495 e. The standard InChI is InChI=1S/C19H18N2O3.ClH/c1-23-13-9-12(10-20-11-13)14-5-4-8-17-18(14)15-6-3-7-16(15)19(22)21(17)24-2;/h4-5,8-11H,3,6-7H2,1-2H3;1H. The third-order valence-corrected chi connectivity index (χ3v) is 4.67. The zero-order valence-corrected chi connectivity index (χ0v) is 14.9. The second-order valence-corrected chi connectivity index (χ2v) is 5.91. The van der Waals surface area contributed by atoms with Crippen molar-refractivity contribution >= 4 is 23.3 Å². The Balaban J connectivity index is 0.00000182. The maximum atomic E-state index is 12.7. The van der Waals surface area contributed by atoms with Gasteiger partial charge < -0.3 is 9.57 Å². The topological polar surface area (TPSA) is 53.3 Å². The van der Waals surface area contributed by atoms with E-state index in [1.54, 1.807) is 13.3 Å². The number of hydrogen-bond donors (Lipinski definition) is 0. The van der Waals surface area contributed by atoms with Gasteiger partial charge in [-0.3, -0.25) is 9.78 Å². The Morgan fingerprint density at radius 1 is 1.12 bits per heavy atom. The first-order valence-corrected chi connectivity index (χ1v) is 7.98. The Kier molecular flexibility index (Phi) is 4.68. The molecule has 0 N–H and O–H groups in total. The summed E-state index contributed by atoms with van der Waals surface area (Å²) in [5.41, 5.74) is 4.77. The number of aromatic nitrogens is 2. The number of benzene rings is 1. The van der Waals surface area contributed by atoms with E-state index in [4.69, 9.17) is 9.57 Å². The van der Waals surface area contributed by atoms with E-state index < -0.39 is 0 Å². The Labute approximate surface area is 151 Å². The highest BCUT2D eigenvalue weighted by Gasteiger charge is 2.23. The first-order chi connectivity index (χ1) is 11.7. The molecule has 130 valence electrons. The molecule has 0 unspecified atom stereocenters. The van der Waals surface area contributed by atoms with Crippen molar-refractivity contribution in [1.82, 2.24) is 9.71 Å². The number of fused-ring (bicyclic) bond motifs is 3. The summed E-state index contributed by atoms with van der Waals surface area (Å²) in [5.74, 6) is 0.709. The number of rotatable bonds is 3. The molecule has 0 bridgehead atoms. The molecule has 0 fully saturated rings. The number of nitrogens with zero attached hydrogens (tertiary/aromatic N) is 2. The molecule has 6 heteroatoms. The van der Waals surface area contributed by atoms with E-state index in [0.717, 1.165) is 52.4 Å². The summed E-state index contributed by atoms with van der Waals surface area (Å²) in [7, 11) is 3.16. The predicted octanol–water partition coefficient (Wildman–Crippen LogP) is 3.04. The van der Waals surface area contributed by atoms with Crippen LogP contribution in [0.4, 0.5) is 0 Å². The quantitative estimate of drug-likeness (QED) is 0.722. The summed E-state index contributed by atoms with van der Waals surface area (Å²) < 4.78 is 6.70. The number of hydrogen-bond acceptors (Lipinski definition) is 4. The van der Waals surface area contributed by atoms with Gasteiger partial charge in [0.1, 0.15) is 12.9 Å². The molecular formula is C19H19ClN2O3. The summed E-state index contributed by atoms with van der Waals surface area (Å²) in [6, 6.07) is 7.89. The molecule has 4 rings (SSSR count). The minimum atomic E-state index is -0.0431. The second kappa shape index (κ2) is 6.76. The van der Waals surface area contributed by atoms with Gasteiger partial charge in [0.2, 0.25) is 0 Å². The van der Waals surface area contributed by atoms with Crippen molar-refractivity contribution in [2.75, 3.05) is 14.2 Å². The van der Waals surface area contributed by atoms with E-state index in [1.807, 2.05) is 24.4 Å². The summed E-state index contributed by atoms with van der Waals surface area (Å²) in [4.78, 5) is 22.3. The zero-order chi connectivity index (χ0) is 16.7. The number of aryl methyl sites for hydroxylation is 1. The molecular weight excluding hydrogens is 340 g/mol. The molecule has 25 heavy (non-hydrogen) atoms. The van der Waals surface area contributed by atoms with E-state index in [0.29, 0.717) is 5.75 Å². The van der Waals surface area contributed by atoms with Crippen LogP contribution in [0.2, 0.25) is 0 Å². The van der Waals surface area contributed by atoms with E-state index in [1.165, 1.54) is 11.8 Å². The van der Waals surface area contributed by atoms with Gasteiger partial charge in [-0.05, 0) is 42.5 Å². The first kappa shape index (κ1) is 17.3. The van der Waals surface area contributed by atoms with Crippen LogP contribution in [0, 0.1) is 0 Å². The third-order valence-electron chi connectivity index (χ3n) is 4.67. The van der Waals surface area contributed by atoms with Gasteiger partial charge in [-0.15, -0.1) is 17.1 Å². The molecule has 3 aromatic rings. The fourth-order valence-electron chi connectivity index (χ4n) is 3.61. The molecule has 0 amide bonds. The van der Waals surface area contributed by atoms with Gasteiger partial charge in [0.05, 0.1) is 18.8 Å². The highest BCUT2D eigenvalue weighted by Crippen LogP contribution is 2.35. The van der Waals surface area contributed by atoms with Crippen molar-refractivity contribution in [3.05, 3.63) is 58.1 Å². The van der Waals surface area contributed by atoms with Crippen molar-refractivity contribution < 1.29 is 9.57 Å².